The van der Waals surface area contributed by atoms with Gasteiger partial charge in [-0.25, -0.2) is 0 Å². The highest BCUT2D eigenvalue weighted by Crippen LogP contribution is 2.40. The second kappa shape index (κ2) is 12.8. The molecule has 0 bridgehead atoms. The molecule has 41 heavy (non-hydrogen) atoms. The summed E-state index contributed by atoms with van der Waals surface area (Å²) in [6.45, 7) is 16.8. The molecule has 0 radical (unpaired) electrons. The first-order chi connectivity index (χ1) is 19.9. The van der Waals surface area contributed by atoms with Crippen molar-refractivity contribution in [2.75, 3.05) is 0 Å². The van der Waals surface area contributed by atoms with E-state index < -0.39 is 0 Å². The molecule has 4 aromatic carbocycles. The zero-order chi connectivity index (χ0) is 28.9. The average molecular weight is 554 g/mol. The van der Waals surface area contributed by atoms with Crippen molar-refractivity contribution >= 4 is 58.3 Å². The van der Waals surface area contributed by atoms with E-state index in [1.165, 1.54) is 49.0 Å². The van der Waals surface area contributed by atoms with Crippen molar-refractivity contribution < 1.29 is 0 Å². The van der Waals surface area contributed by atoms with Crippen LogP contribution in [0.1, 0.15) is 45.2 Å². The van der Waals surface area contributed by atoms with Gasteiger partial charge in [0, 0.05) is 5.66 Å². The molecule has 0 N–H and O–H groups in total. The molecule has 1 aliphatic rings. The molecule has 0 saturated carbocycles. The second-order valence-electron chi connectivity index (χ2n) is 11.1. The Bertz CT molecular complexity index is 1760. The standard InChI is InChI=1S/C39H40NP/c1-7-12-38(40-9-3)27(6)15-16-28(8-2)29-17-20-34-35-21-18-30(31-19-22-39(26(4)5)41-25-31)24-37(35)33-14-11-10-13-32(33)36(34)23-29/h7-11,13-26,38-39,41H,1-2,12H2,3-6H3/b27-15+,28-16+,40-9?. The Morgan fingerprint density at radius 1 is 0.902 bits per heavy atom. The van der Waals surface area contributed by atoms with Gasteiger partial charge in [-0.15, -0.1) is 6.58 Å². The molecule has 0 aliphatic carbocycles. The molecule has 4 aromatic rings. The molecule has 1 aliphatic heterocycles. The number of hydrogen-bond acceptors (Lipinski definition) is 1. The summed E-state index contributed by atoms with van der Waals surface area (Å²) in [5.74, 6) is 3.12. The third-order valence-electron chi connectivity index (χ3n) is 8.13. The van der Waals surface area contributed by atoms with E-state index in [1.54, 1.807) is 0 Å². The van der Waals surface area contributed by atoms with E-state index in [9.17, 15) is 0 Å². The summed E-state index contributed by atoms with van der Waals surface area (Å²) in [6, 6.07) is 22.8. The van der Waals surface area contributed by atoms with Crippen LogP contribution in [-0.2, 0) is 0 Å². The van der Waals surface area contributed by atoms with Crippen molar-refractivity contribution in [1.82, 2.24) is 0 Å². The van der Waals surface area contributed by atoms with E-state index in [4.69, 9.17) is 0 Å². The molecule has 1 nitrogen and oxygen atoms in total. The highest BCUT2D eigenvalue weighted by atomic mass is 31.1. The van der Waals surface area contributed by atoms with Gasteiger partial charge in [0.15, 0.2) is 0 Å². The number of aliphatic imine (C=N–C) groups is 1. The van der Waals surface area contributed by atoms with Crippen LogP contribution in [-0.4, -0.2) is 17.9 Å². The largest absolute Gasteiger partial charge is 0.290 e. The lowest BCUT2D eigenvalue weighted by Gasteiger charge is -2.20. The average Bonchev–Trinajstić information content (AvgIpc) is 3.01. The number of hydrogen-bond donors (Lipinski definition) is 0. The minimum atomic E-state index is 0.119. The number of benzene rings is 4. The van der Waals surface area contributed by atoms with E-state index in [0.29, 0.717) is 11.6 Å². The summed E-state index contributed by atoms with van der Waals surface area (Å²) in [6.07, 6.45) is 15.6. The molecule has 0 saturated heterocycles. The van der Waals surface area contributed by atoms with Crippen LogP contribution in [0.3, 0.4) is 0 Å². The Hall–Kier alpha value is -3.80. The Kier molecular flexibility index (Phi) is 8.96. The van der Waals surface area contributed by atoms with E-state index in [2.05, 4.69) is 130 Å². The van der Waals surface area contributed by atoms with Crippen molar-refractivity contribution in [1.29, 1.82) is 0 Å². The summed E-state index contributed by atoms with van der Waals surface area (Å²) >= 11 is 0. The number of nitrogens with zero attached hydrogens (tertiary/aromatic N) is 1. The molecule has 0 amide bonds. The maximum absolute atomic E-state index is 4.61. The molecular formula is C39H40NP. The Labute approximate surface area is 247 Å². The van der Waals surface area contributed by atoms with Gasteiger partial charge in [-0.1, -0.05) is 120 Å². The van der Waals surface area contributed by atoms with Gasteiger partial charge in [0.2, 0.25) is 0 Å². The topological polar surface area (TPSA) is 12.4 Å². The zero-order valence-electron chi connectivity index (χ0n) is 24.7. The van der Waals surface area contributed by atoms with Crippen LogP contribution >= 0.6 is 8.58 Å². The van der Waals surface area contributed by atoms with Crippen LogP contribution < -0.4 is 0 Å². The van der Waals surface area contributed by atoms with Crippen molar-refractivity contribution in [2.24, 2.45) is 10.9 Å². The lowest BCUT2D eigenvalue weighted by Crippen LogP contribution is -2.07. The maximum atomic E-state index is 4.61. The van der Waals surface area contributed by atoms with Crippen LogP contribution in [0.25, 0.3) is 43.5 Å². The third kappa shape index (κ3) is 5.97. The first kappa shape index (κ1) is 28.7. The van der Waals surface area contributed by atoms with Gasteiger partial charge in [-0.2, -0.15) is 0 Å². The fourth-order valence-electron chi connectivity index (χ4n) is 5.72. The summed E-state index contributed by atoms with van der Waals surface area (Å²) in [7, 11) is 0.836. The number of allylic oxidation sites excluding steroid dienone is 7. The van der Waals surface area contributed by atoms with E-state index >= 15 is 0 Å². The van der Waals surface area contributed by atoms with Crippen LogP contribution in [0.5, 0.6) is 0 Å². The van der Waals surface area contributed by atoms with Gasteiger partial charge >= 0.3 is 0 Å². The second-order valence-corrected chi connectivity index (χ2v) is 12.4. The molecular weight excluding hydrogens is 513 g/mol. The predicted molar refractivity (Wildman–Crippen MR) is 188 cm³/mol. The first-order valence-corrected chi connectivity index (χ1v) is 15.7. The molecule has 206 valence electrons. The summed E-state index contributed by atoms with van der Waals surface area (Å²) < 4.78 is 0. The highest BCUT2D eigenvalue weighted by Gasteiger charge is 2.15. The van der Waals surface area contributed by atoms with Crippen LogP contribution in [0.2, 0.25) is 0 Å². The fourth-order valence-corrected chi connectivity index (χ4v) is 6.95. The van der Waals surface area contributed by atoms with Crippen molar-refractivity contribution in [3.8, 4) is 0 Å². The van der Waals surface area contributed by atoms with Gasteiger partial charge in [0.05, 0.1) is 6.04 Å². The number of fused-ring (bicyclic) bond motifs is 6. The quantitative estimate of drug-likeness (QED) is 0.0643. The molecule has 3 atom stereocenters. The summed E-state index contributed by atoms with van der Waals surface area (Å²) in [4.78, 5) is 4.61. The van der Waals surface area contributed by atoms with E-state index in [0.717, 1.165) is 26.1 Å². The van der Waals surface area contributed by atoms with Gasteiger partial charge < -0.3 is 0 Å². The van der Waals surface area contributed by atoms with Gasteiger partial charge in [-0.3, -0.25) is 4.99 Å². The highest BCUT2D eigenvalue weighted by molar-refractivity contribution is 7.43. The lowest BCUT2D eigenvalue weighted by atomic mass is 9.90. The minimum absolute atomic E-state index is 0.119. The van der Waals surface area contributed by atoms with E-state index in [1.807, 2.05) is 25.3 Å². The zero-order valence-corrected chi connectivity index (χ0v) is 25.7. The minimum Gasteiger partial charge on any atom is -0.290 e. The fraction of sp³-hybridized carbons (Fsp3) is 0.205. The van der Waals surface area contributed by atoms with Crippen molar-refractivity contribution in [3.05, 3.63) is 133 Å². The third-order valence-corrected chi connectivity index (χ3v) is 9.85. The molecule has 1 heterocycles. The van der Waals surface area contributed by atoms with Crippen LogP contribution in [0, 0.1) is 5.92 Å². The van der Waals surface area contributed by atoms with Crippen molar-refractivity contribution in [3.63, 3.8) is 0 Å². The van der Waals surface area contributed by atoms with Crippen LogP contribution in [0.15, 0.2) is 127 Å². The monoisotopic (exact) mass is 553 g/mol. The van der Waals surface area contributed by atoms with E-state index in [-0.39, 0.29) is 6.04 Å². The molecule has 5 rings (SSSR count). The van der Waals surface area contributed by atoms with Crippen molar-refractivity contribution in [2.45, 2.75) is 45.8 Å². The molecule has 3 unspecified atom stereocenters. The van der Waals surface area contributed by atoms with Gasteiger partial charge in [-0.05, 0) is 105 Å². The smallest absolute Gasteiger partial charge is 0.0739 e. The number of rotatable bonds is 9. The Morgan fingerprint density at radius 2 is 1.59 bits per heavy atom. The first-order valence-electron chi connectivity index (χ1n) is 14.6. The Balaban J connectivity index is 1.61. The Morgan fingerprint density at radius 3 is 2.20 bits per heavy atom. The molecule has 0 spiro atoms. The molecule has 0 aromatic heterocycles. The summed E-state index contributed by atoms with van der Waals surface area (Å²) in [5, 5.41) is 7.72. The van der Waals surface area contributed by atoms with Crippen LogP contribution in [0.4, 0.5) is 0 Å². The molecule has 2 heteroatoms. The SMILES string of the molecule is C=CCC(N=CC)/C(C)=C/C=C(\C=C)c1ccc2c3ccc(C4=CPC(C(C)C)C=C4)cc3c3ccccc3c2c1. The lowest BCUT2D eigenvalue weighted by molar-refractivity contribution is 0.675. The predicted octanol–water partition coefficient (Wildman–Crippen LogP) is 11.3. The maximum Gasteiger partial charge on any atom is 0.0739 e. The summed E-state index contributed by atoms with van der Waals surface area (Å²) in [5.41, 5.74) is 6.76. The van der Waals surface area contributed by atoms with Gasteiger partial charge in [0.25, 0.3) is 0 Å². The normalized spacial score (nSPS) is 17.7. The molecule has 0 fully saturated rings. The van der Waals surface area contributed by atoms with Gasteiger partial charge in [0.1, 0.15) is 0 Å².